The van der Waals surface area contributed by atoms with E-state index in [2.05, 4.69) is 5.32 Å². The number of rotatable bonds is 2. The van der Waals surface area contributed by atoms with Gasteiger partial charge in [0.05, 0.1) is 4.91 Å². The highest BCUT2D eigenvalue weighted by Gasteiger charge is 2.08. The lowest BCUT2D eigenvalue weighted by Gasteiger charge is -1.94. The minimum absolute atomic E-state index is 0.167. The Balaban J connectivity index is 2.91. The summed E-state index contributed by atoms with van der Waals surface area (Å²) in [5.41, 5.74) is 1.12. The fraction of sp³-hybridized carbons (Fsp3) is 0.143. The highest BCUT2D eigenvalue weighted by Crippen LogP contribution is 2.13. The van der Waals surface area contributed by atoms with Gasteiger partial charge in [0.2, 0.25) is 0 Å². The summed E-state index contributed by atoms with van der Waals surface area (Å²) in [6, 6.07) is 6.46. The molecule has 0 aliphatic carbocycles. The monoisotopic (exact) mass is 153 g/mol. The van der Waals surface area contributed by atoms with Crippen LogP contribution in [0.2, 0.25) is 0 Å². The quantitative estimate of drug-likeness (QED) is 0.633. The van der Waals surface area contributed by atoms with Crippen LogP contribution < -0.4 is 5.32 Å². The van der Waals surface area contributed by atoms with Gasteiger partial charge in [-0.2, -0.15) is 0 Å². The Morgan fingerprint density at radius 3 is 2.27 bits per heavy atom. The Bertz CT molecular complexity index is 256. The van der Waals surface area contributed by atoms with Gasteiger partial charge in [0.25, 0.3) is 4.92 Å². The van der Waals surface area contributed by atoms with E-state index in [0.717, 1.165) is 5.69 Å². The first kappa shape index (κ1) is 7.53. The minimum Gasteiger partial charge on any atom is -0.388 e. The number of nitrogens with one attached hydrogen (secondary N) is 1. The second-order valence-corrected chi connectivity index (χ2v) is 2.07. The van der Waals surface area contributed by atoms with Gasteiger partial charge in [0.1, 0.15) is 0 Å². The molecule has 0 radical (unpaired) electrons. The van der Waals surface area contributed by atoms with Gasteiger partial charge in [-0.25, -0.2) is 5.21 Å². The van der Waals surface area contributed by atoms with E-state index in [9.17, 15) is 4.91 Å². The van der Waals surface area contributed by atoms with Crippen molar-refractivity contribution in [3.05, 3.63) is 29.2 Å². The summed E-state index contributed by atoms with van der Waals surface area (Å²) in [6.07, 6.45) is 0. The van der Waals surface area contributed by atoms with Crippen LogP contribution in [-0.4, -0.2) is 17.2 Å². The Hall–Kier alpha value is -1.58. The fourth-order valence-corrected chi connectivity index (χ4v) is 0.756. The first-order valence-electron chi connectivity index (χ1n) is 3.18. The van der Waals surface area contributed by atoms with E-state index >= 15 is 0 Å². The first-order chi connectivity index (χ1) is 5.24. The van der Waals surface area contributed by atoms with E-state index in [1.807, 2.05) is 0 Å². The fourth-order valence-electron chi connectivity index (χ4n) is 0.756. The zero-order valence-electron chi connectivity index (χ0n) is 6.11. The summed E-state index contributed by atoms with van der Waals surface area (Å²) >= 11 is 0. The molecule has 0 saturated heterocycles. The van der Waals surface area contributed by atoms with Gasteiger partial charge in [-0.3, -0.25) is 0 Å². The van der Waals surface area contributed by atoms with Crippen molar-refractivity contribution in [2.75, 3.05) is 12.4 Å². The average molecular weight is 153 g/mol. The van der Waals surface area contributed by atoms with Crippen LogP contribution in [0.1, 0.15) is 0 Å². The van der Waals surface area contributed by atoms with Crippen molar-refractivity contribution >= 4 is 11.4 Å². The normalized spacial score (nSPS) is 9.18. The third kappa shape index (κ3) is 1.67. The Morgan fingerprint density at radius 2 is 1.91 bits per heavy atom. The van der Waals surface area contributed by atoms with E-state index in [0.29, 0.717) is 0 Å². The van der Waals surface area contributed by atoms with Gasteiger partial charge < -0.3 is 5.32 Å². The standard InChI is InChI=1S/C7H9N2O2/c1-8-6-2-4-7(5-3-6)9(10)11/h2-5,8H,1H3,(H,10,11)/q+1. The zero-order valence-corrected chi connectivity index (χ0v) is 6.11. The molecule has 0 aliphatic rings. The van der Waals surface area contributed by atoms with E-state index in [1.54, 1.807) is 19.2 Å². The number of hydrogen-bond donors (Lipinski definition) is 2. The summed E-state index contributed by atoms with van der Waals surface area (Å²) < 4.78 is 0. The molecule has 1 rings (SSSR count). The summed E-state index contributed by atoms with van der Waals surface area (Å²) in [4.78, 5) is 10.1. The van der Waals surface area contributed by atoms with Crippen LogP contribution in [0.25, 0.3) is 0 Å². The van der Waals surface area contributed by atoms with Gasteiger partial charge in [-0.1, -0.05) is 0 Å². The molecule has 0 bridgehead atoms. The molecule has 4 heteroatoms. The van der Waals surface area contributed by atoms with Gasteiger partial charge in [-0.15, -0.1) is 0 Å². The molecule has 1 aromatic rings. The third-order valence-electron chi connectivity index (χ3n) is 1.38. The predicted octanol–water partition coefficient (Wildman–Crippen LogP) is 1.53. The number of hydrogen-bond acceptors (Lipinski definition) is 2. The topological polar surface area (TPSA) is 52.3 Å². The summed E-state index contributed by atoms with van der Waals surface area (Å²) in [5, 5.41) is 11.3. The maximum absolute atomic E-state index is 10.3. The van der Waals surface area contributed by atoms with Crippen molar-refractivity contribution in [3.63, 3.8) is 0 Å². The summed E-state index contributed by atoms with van der Waals surface area (Å²) in [7, 11) is 1.78. The van der Waals surface area contributed by atoms with Crippen molar-refractivity contribution < 1.29 is 10.1 Å². The highest BCUT2D eigenvalue weighted by molar-refractivity contribution is 5.47. The number of benzene rings is 1. The van der Waals surface area contributed by atoms with Crippen molar-refractivity contribution in [2.45, 2.75) is 0 Å². The Morgan fingerprint density at radius 1 is 1.36 bits per heavy atom. The lowest BCUT2D eigenvalue weighted by molar-refractivity contribution is -0.729. The molecule has 0 amide bonds. The molecule has 2 N–H and O–H groups in total. The second-order valence-electron chi connectivity index (χ2n) is 2.07. The van der Waals surface area contributed by atoms with Gasteiger partial charge in [0, 0.05) is 24.9 Å². The summed E-state index contributed by atoms with van der Waals surface area (Å²) in [5.74, 6) is 0. The molecule has 0 atom stereocenters. The van der Waals surface area contributed by atoms with Crippen LogP contribution in [0.15, 0.2) is 24.3 Å². The molecular weight excluding hydrogens is 144 g/mol. The lowest BCUT2D eigenvalue weighted by atomic mass is 10.3. The first-order valence-corrected chi connectivity index (χ1v) is 3.18. The Kier molecular flexibility index (Phi) is 2.06. The number of nitrogens with zero attached hydrogens (tertiary/aromatic N) is 1. The number of anilines is 1. The molecule has 58 valence electrons. The maximum atomic E-state index is 10.3. The van der Waals surface area contributed by atoms with E-state index in [4.69, 9.17) is 5.21 Å². The summed E-state index contributed by atoms with van der Waals surface area (Å²) in [6.45, 7) is 0. The van der Waals surface area contributed by atoms with Crippen LogP contribution in [0.4, 0.5) is 11.4 Å². The highest BCUT2D eigenvalue weighted by atomic mass is 16.6. The van der Waals surface area contributed by atoms with E-state index in [1.165, 1.54) is 12.1 Å². The van der Waals surface area contributed by atoms with Crippen LogP contribution in [0.5, 0.6) is 0 Å². The van der Waals surface area contributed by atoms with Crippen molar-refractivity contribution in [2.24, 2.45) is 0 Å². The smallest absolute Gasteiger partial charge is 0.316 e. The molecule has 0 unspecified atom stereocenters. The van der Waals surface area contributed by atoms with Crippen LogP contribution in [0.3, 0.4) is 0 Å². The minimum atomic E-state index is -0.167. The maximum Gasteiger partial charge on any atom is 0.316 e. The largest absolute Gasteiger partial charge is 0.388 e. The molecule has 0 heterocycles. The molecule has 0 saturated carbocycles. The van der Waals surface area contributed by atoms with Gasteiger partial charge in [0.15, 0.2) is 0 Å². The molecule has 0 spiro atoms. The van der Waals surface area contributed by atoms with Gasteiger partial charge in [-0.05, 0) is 12.1 Å². The average Bonchev–Trinajstić information content (AvgIpc) is 2.05. The Labute approximate surface area is 64.0 Å². The van der Waals surface area contributed by atoms with Crippen LogP contribution in [0, 0.1) is 4.91 Å². The van der Waals surface area contributed by atoms with Crippen molar-refractivity contribution in [1.82, 2.24) is 0 Å². The SMILES string of the molecule is CNc1ccc([N+](=O)O)cc1. The molecule has 11 heavy (non-hydrogen) atoms. The molecule has 0 aromatic heterocycles. The van der Waals surface area contributed by atoms with Crippen LogP contribution in [-0.2, 0) is 0 Å². The van der Waals surface area contributed by atoms with Crippen molar-refractivity contribution in [3.8, 4) is 0 Å². The van der Waals surface area contributed by atoms with Crippen LogP contribution >= 0.6 is 0 Å². The molecule has 1 aromatic carbocycles. The zero-order chi connectivity index (χ0) is 8.27. The second kappa shape index (κ2) is 3.01. The van der Waals surface area contributed by atoms with E-state index in [-0.39, 0.29) is 10.6 Å². The van der Waals surface area contributed by atoms with E-state index < -0.39 is 0 Å². The van der Waals surface area contributed by atoms with Crippen molar-refractivity contribution in [1.29, 1.82) is 0 Å². The predicted molar refractivity (Wildman–Crippen MR) is 41.1 cm³/mol. The third-order valence-corrected chi connectivity index (χ3v) is 1.38. The van der Waals surface area contributed by atoms with Gasteiger partial charge >= 0.3 is 5.69 Å². The molecule has 4 nitrogen and oxygen atoms in total. The lowest BCUT2D eigenvalue weighted by Crippen LogP contribution is -1.92. The molecule has 0 aliphatic heterocycles. The molecular formula is C7H9N2O2+. The molecule has 0 fully saturated rings.